The van der Waals surface area contributed by atoms with Crippen molar-refractivity contribution < 1.29 is 26.3 Å². The molecule has 1 aromatic carbocycles. The fourth-order valence-corrected chi connectivity index (χ4v) is 3.29. The average molecular weight is 339 g/mol. The number of benzene rings is 1. The third-order valence-electron chi connectivity index (χ3n) is 2.53. The van der Waals surface area contributed by atoms with Gasteiger partial charge in [-0.1, -0.05) is 19.4 Å². The predicted molar refractivity (Wildman–Crippen MR) is 77.2 cm³/mol. The smallest absolute Gasteiger partial charge is 0.405 e. The lowest BCUT2D eigenvalue weighted by Gasteiger charge is -2.21. The summed E-state index contributed by atoms with van der Waals surface area (Å²) in [5.41, 5.74) is -0.430. The first-order chi connectivity index (χ1) is 9.84. The standard InChI is InChI=1S/C14H20F3NO3S/c1-5-6-10-7-8-11(9-12(10)21-14(15,16)17)22(19,20)18-13(2,3)4/h7-9,18H,5-6H2,1-4H3. The zero-order valence-corrected chi connectivity index (χ0v) is 13.7. The van der Waals surface area contributed by atoms with Crippen LogP contribution in [0.2, 0.25) is 0 Å². The molecule has 8 heteroatoms. The van der Waals surface area contributed by atoms with Crippen molar-refractivity contribution in [3.05, 3.63) is 23.8 Å². The Morgan fingerprint density at radius 1 is 1.18 bits per heavy atom. The maximum absolute atomic E-state index is 12.5. The molecule has 0 saturated heterocycles. The van der Waals surface area contributed by atoms with Crippen molar-refractivity contribution >= 4 is 10.0 Å². The highest BCUT2D eigenvalue weighted by atomic mass is 32.2. The number of nitrogens with one attached hydrogen (secondary N) is 1. The first-order valence-corrected chi connectivity index (χ1v) is 8.25. The molecule has 0 aliphatic carbocycles. The summed E-state index contributed by atoms with van der Waals surface area (Å²) < 4.78 is 68.1. The molecule has 4 nitrogen and oxygen atoms in total. The van der Waals surface area contributed by atoms with E-state index in [0.717, 1.165) is 6.07 Å². The van der Waals surface area contributed by atoms with Crippen LogP contribution in [-0.4, -0.2) is 20.3 Å². The maximum Gasteiger partial charge on any atom is 0.573 e. The van der Waals surface area contributed by atoms with E-state index in [1.807, 2.05) is 6.92 Å². The Kier molecular flexibility index (Phi) is 5.51. The van der Waals surface area contributed by atoms with E-state index >= 15 is 0 Å². The third-order valence-corrected chi connectivity index (χ3v) is 4.29. The van der Waals surface area contributed by atoms with E-state index in [9.17, 15) is 21.6 Å². The van der Waals surface area contributed by atoms with Gasteiger partial charge < -0.3 is 4.74 Å². The summed E-state index contributed by atoms with van der Waals surface area (Å²) in [7, 11) is -3.93. The van der Waals surface area contributed by atoms with Gasteiger partial charge in [0.25, 0.3) is 0 Å². The van der Waals surface area contributed by atoms with Gasteiger partial charge in [0, 0.05) is 11.6 Å². The van der Waals surface area contributed by atoms with Crippen LogP contribution >= 0.6 is 0 Å². The lowest BCUT2D eigenvalue weighted by Crippen LogP contribution is -2.40. The SMILES string of the molecule is CCCc1ccc(S(=O)(=O)NC(C)(C)C)cc1OC(F)(F)F. The molecule has 0 unspecified atom stereocenters. The molecular formula is C14H20F3NO3S. The summed E-state index contributed by atoms with van der Waals surface area (Å²) in [5, 5.41) is 0. The zero-order valence-electron chi connectivity index (χ0n) is 12.9. The van der Waals surface area contributed by atoms with Gasteiger partial charge in [-0.15, -0.1) is 13.2 Å². The van der Waals surface area contributed by atoms with Crippen LogP contribution in [0.1, 0.15) is 39.7 Å². The van der Waals surface area contributed by atoms with Crippen LogP contribution in [0, 0.1) is 0 Å². The predicted octanol–water partition coefficient (Wildman–Crippen LogP) is 3.61. The molecule has 0 radical (unpaired) electrons. The van der Waals surface area contributed by atoms with Crippen LogP contribution in [0.3, 0.4) is 0 Å². The Morgan fingerprint density at radius 3 is 2.23 bits per heavy atom. The van der Waals surface area contributed by atoms with E-state index in [2.05, 4.69) is 9.46 Å². The van der Waals surface area contributed by atoms with Crippen molar-refractivity contribution in [1.29, 1.82) is 0 Å². The monoisotopic (exact) mass is 339 g/mol. The number of aryl methyl sites for hydroxylation is 1. The molecular weight excluding hydrogens is 319 g/mol. The molecule has 1 aromatic rings. The summed E-state index contributed by atoms with van der Waals surface area (Å²) in [6.45, 7) is 6.73. The largest absolute Gasteiger partial charge is 0.573 e. The van der Waals surface area contributed by atoms with Crippen LogP contribution in [0.5, 0.6) is 5.75 Å². The Hall–Kier alpha value is -1.28. The van der Waals surface area contributed by atoms with E-state index in [1.54, 1.807) is 20.8 Å². The molecule has 0 bridgehead atoms. The molecule has 0 atom stereocenters. The van der Waals surface area contributed by atoms with E-state index in [4.69, 9.17) is 0 Å². The highest BCUT2D eigenvalue weighted by Crippen LogP contribution is 2.30. The second-order valence-electron chi connectivity index (χ2n) is 5.92. The number of hydrogen-bond acceptors (Lipinski definition) is 3. The molecule has 22 heavy (non-hydrogen) atoms. The molecule has 0 aliphatic rings. The van der Waals surface area contributed by atoms with Crippen molar-refractivity contribution in [2.24, 2.45) is 0 Å². The zero-order chi connectivity index (χ0) is 17.2. The van der Waals surface area contributed by atoms with Crippen LogP contribution in [0.4, 0.5) is 13.2 Å². The van der Waals surface area contributed by atoms with Gasteiger partial charge in [0.15, 0.2) is 0 Å². The molecule has 0 aromatic heterocycles. The number of alkyl halides is 3. The Labute approximate surface area is 128 Å². The summed E-state index contributed by atoms with van der Waals surface area (Å²) in [6, 6.07) is 3.54. The molecule has 0 aliphatic heterocycles. The topological polar surface area (TPSA) is 55.4 Å². The molecule has 1 N–H and O–H groups in total. The molecule has 126 valence electrons. The van der Waals surface area contributed by atoms with Crippen molar-refractivity contribution in [3.63, 3.8) is 0 Å². The highest BCUT2D eigenvalue weighted by molar-refractivity contribution is 7.89. The number of halogens is 3. The fraction of sp³-hybridized carbons (Fsp3) is 0.571. The Balaban J connectivity index is 3.26. The quantitative estimate of drug-likeness (QED) is 0.891. The van der Waals surface area contributed by atoms with Gasteiger partial charge in [0.2, 0.25) is 10.0 Å². The first kappa shape index (κ1) is 18.8. The van der Waals surface area contributed by atoms with Crippen LogP contribution < -0.4 is 9.46 Å². The van der Waals surface area contributed by atoms with E-state index < -0.39 is 27.7 Å². The minimum atomic E-state index is -4.87. The fourth-order valence-electron chi connectivity index (χ4n) is 1.86. The molecule has 0 spiro atoms. The molecule has 0 amide bonds. The van der Waals surface area contributed by atoms with Crippen LogP contribution in [0.15, 0.2) is 23.1 Å². The van der Waals surface area contributed by atoms with Gasteiger partial charge in [0.05, 0.1) is 4.90 Å². The molecule has 0 saturated carbocycles. The second-order valence-corrected chi connectivity index (χ2v) is 7.61. The van der Waals surface area contributed by atoms with E-state index in [0.29, 0.717) is 18.4 Å². The van der Waals surface area contributed by atoms with Gasteiger partial charge in [-0.3, -0.25) is 0 Å². The summed E-state index contributed by atoms with van der Waals surface area (Å²) in [6.07, 6.45) is -3.90. The maximum atomic E-state index is 12.5. The third kappa shape index (κ3) is 5.84. The van der Waals surface area contributed by atoms with Crippen molar-refractivity contribution in [2.75, 3.05) is 0 Å². The normalized spacial score (nSPS) is 13.2. The summed E-state index contributed by atoms with van der Waals surface area (Å²) in [5.74, 6) is -0.480. The number of rotatable bonds is 5. The highest BCUT2D eigenvalue weighted by Gasteiger charge is 2.33. The van der Waals surface area contributed by atoms with Crippen molar-refractivity contribution in [1.82, 2.24) is 4.72 Å². The van der Waals surface area contributed by atoms with Gasteiger partial charge in [-0.25, -0.2) is 13.1 Å². The van der Waals surface area contributed by atoms with Crippen LogP contribution in [-0.2, 0) is 16.4 Å². The Bertz CT molecular complexity index is 619. The van der Waals surface area contributed by atoms with Gasteiger partial charge in [-0.05, 0) is 38.8 Å². The first-order valence-electron chi connectivity index (χ1n) is 6.77. The van der Waals surface area contributed by atoms with Crippen LogP contribution in [0.25, 0.3) is 0 Å². The lowest BCUT2D eigenvalue weighted by molar-refractivity contribution is -0.275. The second kappa shape index (κ2) is 6.45. The van der Waals surface area contributed by atoms with E-state index in [-0.39, 0.29) is 4.90 Å². The minimum Gasteiger partial charge on any atom is -0.405 e. The van der Waals surface area contributed by atoms with E-state index in [1.165, 1.54) is 12.1 Å². The lowest BCUT2D eigenvalue weighted by atomic mass is 10.1. The van der Waals surface area contributed by atoms with Gasteiger partial charge >= 0.3 is 6.36 Å². The number of hydrogen-bond donors (Lipinski definition) is 1. The molecule has 0 fully saturated rings. The number of sulfonamides is 1. The van der Waals surface area contributed by atoms with Crippen molar-refractivity contribution in [2.45, 2.75) is 57.3 Å². The number of ether oxygens (including phenoxy) is 1. The van der Waals surface area contributed by atoms with Crippen molar-refractivity contribution in [3.8, 4) is 5.75 Å². The summed E-state index contributed by atoms with van der Waals surface area (Å²) >= 11 is 0. The summed E-state index contributed by atoms with van der Waals surface area (Å²) in [4.78, 5) is -0.262. The molecule has 1 rings (SSSR count). The van der Waals surface area contributed by atoms with Gasteiger partial charge in [0.1, 0.15) is 5.75 Å². The van der Waals surface area contributed by atoms with Gasteiger partial charge in [-0.2, -0.15) is 0 Å². The minimum absolute atomic E-state index is 0.262. The molecule has 0 heterocycles. The Morgan fingerprint density at radius 2 is 1.77 bits per heavy atom. The average Bonchev–Trinajstić information content (AvgIpc) is 2.26.